The van der Waals surface area contributed by atoms with Crippen LogP contribution in [0, 0.1) is 34.5 Å². The highest BCUT2D eigenvalue weighted by atomic mass is 16.3. The van der Waals surface area contributed by atoms with Crippen molar-refractivity contribution in [2.24, 2.45) is 34.5 Å². The largest absolute Gasteiger partial charge is 0.392 e. The summed E-state index contributed by atoms with van der Waals surface area (Å²) in [7, 11) is 0. The fourth-order valence-electron chi connectivity index (χ4n) is 7.72. The Bertz CT molecular complexity index is 761. The molecule has 4 aliphatic rings. The summed E-state index contributed by atoms with van der Waals surface area (Å²) < 4.78 is 0. The Morgan fingerprint density at radius 3 is 2.62 bits per heavy atom. The minimum atomic E-state index is 0.151. The van der Waals surface area contributed by atoms with Crippen LogP contribution in [0.1, 0.15) is 86.0 Å². The molecule has 0 aromatic rings. The lowest BCUT2D eigenvalue weighted by Gasteiger charge is -2.54. The van der Waals surface area contributed by atoms with E-state index in [1.165, 1.54) is 56.9 Å². The lowest BCUT2D eigenvalue weighted by atomic mass is 9.50. The van der Waals surface area contributed by atoms with Crippen LogP contribution in [0.4, 0.5) is 0 Å². The van der Waals surface area contributed by atoms with E-state index < -0.39 is 0 Å². The van der Waals surface area contributed by atoms with Crippen molar-refractivity contribution in [2.75, 3.05) is 6.61 Å². The van der Waals surface area contributed by atoms with Gasteiger partial charge in [0.25, 0.3) is 0 Å². The van der Waals surface area contributed by atoms with E-state index in [0.717, 1.165) is 23.3 Å². The summed E-state index contributed by atoms with van der Waals surface area (Å²) in [5.74, 6) is 2.91. The zero-order valence-electron chi connectivity index (χ0n) is 19.4. The third-order valence-corrected chi connectivity index (χ3v) is 9.61. The van der Waals surface area contributed by atoms with Gasteiger partial charge in [0.05, 0.1) is 6.61 Å². The van der Waals surface area contributed by atoms with E-state index in [9.17, 15) is 5.11 Å². The van der Waals surface area contributed by atoms with Crippen LogP contribution in [0.2, 0.25) is 0 Å². The van der Waals surface area contributed by atoms with Crippen molar-refractivity contribution >= 4 is 0 Å². The van der Waals surface area contributed by atoms with E-state index in [-0.39, 0.29) is 6.61 Å². The van der Waals surface area contributed by atoms with Gasteiger partial charge >= 0.3 is 0 Å². The molecule has 3 saturated carbocycles. The molecule has 0 amide bonds. The number of aliphatic hydroxyl groups excluding tert-OH is 1. The number of allylic oxidation sites excluding steroid dienone is 6. The van der Waals surface area contributed by atoms with E-state index in [1.807, 2.05) is 5.57 Å². The molecule has 3 fully saturated rings. The van der Waals surface area contributed by atoms with Crippen LogP contribution in [-0.4, -0.2) is 11.7 Å². The number of fused-ring (bicyclic) bond motifs is 5. The highest BCUT2D eigenvalue weighted by molar-refractivity contribution is 5.38. The van der Waals surface area contributed by atoms with Gasteiger partial charge in [0.1, 0.15) is 0 Å². The Morgan fingerprint density at radius 1 is 1.10 bits per heavy atom. The van der Waals surface area contributed by atoms with Crippen LogP contribution >= 0.6 is 0 Å². The second-order valence-electron chi connectivity index (χ2n) is 11.2. The van der Waals surface area contributed by atoms with Crippen LogP contribution in [0.3, 0.4) is 0 Å². The average Bonchev–Trinajstić information content (AvgIpc) is 3.05. The monoisotopic (exact) mass is 394 g/mol. The van der Waals surface area contributed by atoms with Crippen LogP contribution in [0.5, 0.6) is 0 Å². The predicted octanol–water partition coefficient (Wildman–Crippen LogP) is 7.40. The van der Waals surface area contributed by atoms with Crippen molar-refractivity contribution in [2.45, 2.75) is 86.0 Å². The highest BCUT2D eigenvalue weighted by Crippen LogP contribution is 2.65. The first kappa shape index (κ1) is 21.2. The smallest absolute Gasteiger partial charge is 0.0681 e. The van der Waals surface area contributed by atoms with Gasteiger partial charge < -0.3 is 5.11 Å². The zero-order valence-corrected chi connectivity index (χ0v) is 19.4. The van der Waals surface area contributed by atoms with Gasteiger partial charge in [-0.15, -0.1) is 0 Å². The molecule has 6 atom stereocenters. The maximum absolute atomic E-state index is 9.64. The molecule has 0 unspecified atom stereocenters. The molecule has 0 bridgehead atoms. The summed E-state index contributed by atoms with van der Waals surface area (Å²) in [4.78, 5) is 0. The Hall–Kier alpha value is -1.08. The average molecular weight is 395 g/mol. The molecule has 0 aromatic heterocycles. The molecule has 160 valence electrons. The molecule has 0 heterocycles. The molecule has 1 heteroatoms. The number of hydrogen-bond acceptors (Lipinski definition) is 1. The topological polar surface area (TPSA) is 20.2 Å². The summed E-state index contributed by atoms with van der Waals surface area (Å²) in [6, 6.07) is 0. The van der Waals surface area contributed by atoms with E-state index in [4.69, 9.17) is 0 Å². The maximum Gasteiger partial charge on any atom is 0.0681 e. The fourth-order valence-corrected chi connectivity index (χ4v) is 7.72. The summed E-state index contributed by atoms with van der Waals surface area (Å²) in [6.07, 6.45) is 20.7. The Morgan fingerprint density at radius 2 is 1.90 bits per heavy atom. The van der Waals surface area contributed by atoms with Crippen LogP contribution < -0.4 is 0 Å². The molecule has 1 nitrogen and oxygen atoms in total. The quantitative estimate of drug-likeness (QED) is 0.493. The predicted molar refractivity (Wildman–Crippen MR) is 124 cm³/mol. The van der Waals surface area contributed by atoms with Crippen molar-refractivity contribution < 1.29 is 5.11 Å². The zero-order chi connectivity index (χ0) is 20.8. The molecule has 0 aromatic carbocycles. The van der Waals surface area contributed by atoms with E-state index in [0.29, 0.717) is 16.7 Å². The molecule has 29 heavy (non-hydrogen) atoms. The SMILES string of the molecule is CC(C)=C(C=C[C@@H](C)[C@H]1CC[C@H]2C3=CC=C4CCCC[C@]4(C)[C@H]3CC[C@]12C)CO. The third-order valence-electron chi connectivity index (χ3n) is 9.61. The standard InChI is InChI=1S/C28H42O/c1-19(2)21(18-29)10-9-20(3)24-13-14-25-23-12-11-22-8-6-7-16-27(22,4)26(23)15-17-28(24,25)5/h9-12,20,24-26,29H,6-8,13-18H2,1-5H3/t20-,24-,25+,26+,27+,28-/m1/s1. The lowest BCUT2D eigenvalue weighted by molar-refractivity contribution is 0.0576. The van der Waals surface area contributed by atoms with Crippen molar-refractivity contribution in [1.82, 2.24) is 0 Å². The first-order valence-corrected chi connectivity index (χ1v) is 12.2. The van der Waals surface area contributed by atoms with Crippen LogP contribution in [0.25, 0.3) is 0 Å². The molecule has 1 N–H and O–H groups in total. The van der Waals surface area contributed by atoms with Gasteiger partial charge in [0.15, 0.2) is 0 Å². The second kappa shape index (κ2) is 7.88. The first-order chi connectivity index (χ1) is 13.8. The van der Waals surface area contributed by atoms with Gasteiger partial charge in [-0.2, -0.15) is 0 Å². The van der Waals surface area contributed by atoms with E-state index >= 15 is 0 Å². The number of rotatable bonds is 4. The van der Waals surface area contributed by atoms with Gasteiger partial charge in [-0.05, 0) is 98.9 Å². The lowest BCUT2D eigenvalue weighted by Crippen LogP contribution is -2.45. The molecular weight excluding hydrogens is 352 g/mol. The van der Waals surface area contributed by atoms with Gasteiger partial charge in [-0.3, -0.25) is 0 Å². The highest BCUT2D eigenvalue weighted by Gasteiger charge is 2.56. The minimum Gasteiger partial charge on any atom is -0.392 e. The van der Waals surface area contributed by atoms with E-state index in [1.54, 1.807) is 5.57 Å². The number of aliphatic hydroxyl groups is 1. The Labute approximate surface area is 179 Å². The maximum atomic E-state index is 9.64. The van der Waals surface area contributed by atoms with Crippen LogP contribution in [-0.2, 0) is 0 Å². The van der Waals surface area contributed by atoms with Crippen molar-refractivity contribution in [3.8, 4) is 0 Å². The Balaban J connectivity index is 1.58. The van der Waals surface area contributed by atoms with Gasteiger partial charge in [-0.25, -0.2) is 0 Å². The minimum absolute atomic E-state index is 0.151. The third kappa shape index (κ3) is 3.42. The summed E-state index contributed by atoms with van der Waals surface area (Å²) >= 11 is 0. The van der Waals surface area contributed by atoms with Gasteiger partial charge in [0, 0.05) is 0 Å². The molecular formula is C28H42O. The molecule has 0 aliphatic heterocycles. The molecule has 0 radical (unpaired) electrons. The Kier molecular flexibility index (Phi) is 5.75. The van der Waals surface area contributed by atoms with Crippen LogP contribution in [0.15, 0.2) is 46.6 Å². The van der Waals surface area contributed by atoms with Crippen molar-refractivity contribution in [1.29, 1.82) is 0 Å². The van der Waals surface area contributed by atoms with Crippen molar-refractivity contribution in [3.63, 3.8) is 0 Å². The molecule has 4 aliphatic carbocycles. The van der Waals surface area contributed by atoms with Crippen molar-refractivity contribution in [3.05, 3.63) is 46.6 Å². The normalized spacial score (nSPS) is 39.9. The molecule has 0 saturated heterocycles. The first-order valence-electron chi connectivity index (χ1n) is 12.2. The summed E-state index contributed by atoms with van der Waals surface area (Å²) in [5, 5.41) is 9.64. The summed E-state index contributed by atoms with van der Waals surface area (Å²) in [5.41, 5.74) is 6.76. The molecule has 0 spiro atoms. The number of hydrogen-bond donors (Lipinski definition) is 1. The van der Waals surface area contributed by atoms with E-state index in [2.05, 4.69) is 58.9 Å². The summed E-state index contributed by atoms with van der Waals surface area (Å²) in [6.45, 7) is 11.9. The fraction of sp³-hybridized carbons (Fsp3) is 0.714. The molecule has 4 rings (SSSR count). The van der Waals surface area contributed by atoms with Gasteiger partial charge in [-0.1, -0.05) is 68.2 Å². The second-order valence-corrected chi connectivity index (χ2v) is 11.2. The van der Waals surface area contributed by atoms with Gasteiger partial charge in [0.2, 0.25) is 0 Å².